The molecule has 0 radical (unpaired) electrons. The number of fused-ring (bicyclic) bond motifs is 1. The van der Waals surface area contributed by atoms with Crippen molar-refractivity contribution in [2.24, 2.45) is 0 Å². The van der Waals surface area contributed by atoms with Crippen molar-refractivity contribution in [2.75, 3.05) is 6.54 Å². The van der Waals surface area contributed by atoms with Crippen LogP contribution in [-0.4, -0.2) is 39.0 Å². The molecule has 0 fully saturated rings. The summed E-state index contributed by atoms with van der Waals surface area (Å²) < 4.78 is 1.63. The third kappa shape index (κ3) is 3.56. The molecule has 0 spiro atoms. The lowest BCUT2D eigenvalue weighted by molar-refractivity contribution is -0.122. The van der Waals surface area contributed by atoms with Gasteiger partial charge in [-0.25, -0.2) is 9.50 Å². The fourth-order valence-electron chi connectivity index (χ4n) is 2.62. The molecule has 0 saturated carbocycles. The molecule has 0 aliphatic rings. The van der Waals surface area contributed by atoms with Crippen molar-refractivity contribution in [3.63, 3.8) is 0 Å². The molecule has 26 heavy (non-hydrogen) atoms. The van der Waals surface area contributed by atoms with E-state index < -0.39 is 6.04 Å². The first kappa shape index (κ1) is 17.6. The SMILES string of the molecule is CCCNC(=O)C(C)NC(=O)c1cnn2c(-c3ccccc3)ccnc12. The van der Waals surface area contributed by atoms with E-state index in [0.29, 0.717) is 17.8 Å². The smallest absolute Gasteiger partial charge is 0.257 e. The number of amides is 2. The zero-order valence-electron chi connectivity index (χ0n) is 14.8. The predicted molar refractivity (Wildman–Crippen MR) is 98.7 cm³/mol. The number of rotatable bonds is 6. The van der Waals surface area contributed by atoms with Crippen LogP contribution in [-0.2, 0) is 4.79 Å². The molecule has 7 heteroatoms. The third-order valence-electron chi connectivity index (χ3n) is 4.01. The van der Waals surface area contributed by atoms with Crippen molar-refractivity contribution >= 4 is 17.5 Å². The highest BCUT2D eigenvalue weighted by molar-refractivity contribution is 6.02. The van der Waals surface area contributed by atoms with Gasteiger partial charge in [-0.3, -0.25) is 9.59 Å². The first-order valence-electron chi connectivity index (χ1n) is 8.58. The normalized spacial score (nSPS) is 11.9. The minimum Gasteiger partial charge on any atom is -0.354 e. The second kappa shape index (κ2) is 7.77. The highest BCUT2D eigenvalue weighted by Gasteiger charge is 2.20. The van der Waals surface area contributed by atoms with E-state index >= 15 is 0 Å². The molecule has 1 aromatic carbocycles. The van der Waals surface area contributed by atoms with Crippen molar-refractivity contribution in [3.05, 3.63) is 54.4 Å². The average Bonchev–Trinajstić information content (AvgIpc) is 3.11. The van der Waals surface area contributed by atoms with Gasteiger partial charge in [0.2, 0.25) is 5.91 Å². The zero-order valence-corrected chi connectivity index (χ0v) is 14.8. The van der Waals surface area contributed by atoms with Crippen LogP contribution in [0.15, 0.2) is 48.8 Å². The Morgan fingerprint density at radius 1 is 1.19 bits per heavy atom. The molecule has 0 saturated heterocycles. The maximum absolute atomic E-state index is 12.6. The first-order valence-corrected chi connectivity index (χ1v) is 8.58. The number of hydrogen-bond acceptors (Lipinski definition) is 4. The fraction of sp³-hybridized carbons (Fsp3) is 0.263. The van der Waals surface area contributed by atoms with Gasteiger partial charge in [-0.05, 0) is 19.4 Å². The standard InChI is InChI=1S/C19H21N5O2/c1-3-10-21-18(25)13(2)23-19(26)15-12-22-24-16(9-11-20-17(15)24)14-7-5-4-6-8-14/h4-9,11-13H,3,10H2,1-2H3,(H,21,25)(H,23,26). The molecule has 2 heterocycles. The molecule has 7 nitrogen and oxygen atoms in total. The van der Waals surface area contributed by atoms with E-state index in [1.54, 1.807) is 17.6 Å². The maximum atomic E-state index is 12.6. The number of carbonyl (C=O) groups excluding carboxylic acids is 2. The molecule has 0 aliphatic carbocycles. The molecule has 1 atom stereocenters. The lowest BCUT2D eigenvalue weighted by atomic mass is 10.1. The van der Waals surface area contributed by atoms with Crippen molar-refractivity contribution in [3.8, 4) is 11.3 Å². The van der Waals surface area contributed by atoms with Crippen LogP contribution >= 0.6 is 0 Å². The lowest BCUT2D eigenvalue weighted by Gasteiger charge is -2.13. The van der Waals surface area contributed by atoms with Crippen LogP contribution < -0.4 is 10.6 Å². The van der Waals surface area contributed by atoms with Gasteiger partial charge < -0.3 is 10.6 Å². The van der Waals surface area contributed by atoms with Crippen molar-refractivity contribution in [2.45, 2.75) is 26.3 Å². The maximum Gasteiger partial charge on any atom is 0.257 e. The number of aromatic nitrogens is 3. The van der Waals surface area contributed by atoms with E-state index in [1.165, 1.54) is 6.20 Å². The number of nitrogens with zero attached hydrogens (tertiary/aromatic N) is 3. The largest absolute Gasteiger partial charge is 0.354 e. The van der Waals surface area contributed by atoms with Crippen LogP contribution in [0.1, 0.15) is 30.6 Å². The van der Waals surface area contributed by atoms with Crippen LogP contribution in [0.3, 0.4) is 0 Å². The van der Waals surface area contributed by atoms with Gasteiger partial charge in [0.1, 0.15) is 11.6 Å². The fourth-order valence-corrected chi connectivity index (χ4v) is 2.62. The van der Waals surface area contributed by atoms with Crippen LogP contribution in [0.25, 0.3) is 16.9 Å². The van der Waals surface area contributed by atoms with Gasteiger partial charge in [0.25, 0.3) is 5.91 Å². The van der Waals surface area contributed by atoms with E-state index in [1.807, 2.05) is 43.3 Å². The van der Waals surface area contributed by atoms with Crippen molar-refractivity contribution < 1.29 is 9.59 Å². The topological polar surface area (TPSA) is 88.4 Å². The van der Waals surface area contributed by atoms with E-state index in [9.17, 15) is 9.59 Å². The summed E-state index contributed by atoms with van der Waals surface area (Å²) >= 11 is 0. The molecule has 3 rings (SSSR count). The van der Waals surface area contributed by atoms with Crippen LogP contribution in [0.5, 0.6) is 0 Å². The molecule has 0 bridgehead atoms. The highest BCUT2D eigenvalue weighted by Crippen LogP contribution is 2.20. The summed E-state index contributed by atoms with van der Waals surface area (Å²) in [7, 11) is 0. The Kier molecular flexibility index (Phi) is 5.26. The Hall–Kier alpha value is -3.22. The second-order valence-electron chi connectivity index (χ2n) is 5.98. The summed E-state index contributed by atoms with van der Waals surface area (Å²) in [6, 6.07) is 11.0. The molecule has 0 aliphatic heterocycles. The minimum absolute atomic E-state index is 0.213. The first-order chi connectivity index (χ1) is 12.6. The molecule has 2 amide bonds. The second-order valence-corrected chi connectivity index (χ2v) is 5.98. The summed E-state index contributed by atoms with van der Waals surface area (Å²) in [6.45, 7) is 4.20. The van der Waals surface area contributed by atoms with E-state index in [2.05, 4.69) is 20.7 Å². The van der Waals surface area contributed by atoms with Gasteiger partial charge in [0.15, 0.2) is 5.65 Å². The van der Waals surface area contributed by atoms with Gasteiger partial charge in [0, 0.05) is 18.3 Å². The minimum atomic E-state index is -0.638. The van der Waals surface area contributed by atoms with Gasteiger partial charge in [0.05, 0.1) is 11.9 Å². The number of benzene rings is 1. The Morgan fingerprint density at radius 2 is 1.96 bits per heavy atom. The summed E-state index contributed by atoms with van der Waals surface area (Å²) in [6.07, 6.45) is 3.96. The molecule has 3 aromatic rings. The summed E-state index contributed by atoms with van der Waals surface area (Å²) in [5.74, 6) is -0.591. The zero-order chi connectivity index (χ0) is 18.5. The molecule has 2 N–H and O–H groups in total. The van der Waals surface area contributed by atoms with E-state index in [4.69, 9.17) is 0 Å². The van der Waals surface area contributed by atoms with Gasteiger partial charge in [-0.15, -0.1) is 0 Å². The van der Waals surface area contributed by atoms with Crippen LogP contribution in [0, 0.1) is 0 Å². The molecule has 134 valence electrons. The van der Waals surface area contributed by atoms with Crippen molar-refractivity contribution in [1.29, 1.82) is 0 Å². The quantitative estimate of drug-likeness (QED) is 0.711. The monoisotopic (exact) mass is 351 g/mol. The third-order valence-corrected chi connectivity index (χ3v) is 4.01. The Labute approximate surface area is 151 Å². The molecule has 2 aromatic heterocycles. The number of nitrogens with one attached hydrogen (secondary N) is 2. The lowest BCUT2D eigenvalue weighted by Crippen LogP contribution is -2.45. The van der Waals surface area contributed by atoms with E-state index in [0.717, 1.165) is 17.7 Å². The number of hydrogen-bond donors (Lipinski definition) is 2. The Balaban J connectivity index is 1.85. The molecular formula is C19H21N5O2. The van der Waals surface area contributed by atoms with Gasteiger partial charge >= 0.3 is 0 Å². The van der Waals surface area contributed by atoms with Crippen LogP contribution in [0.4, 0.5) is 0 Å². The van der Waals surface area contributed by atoms with E-state index in [-0.39, 0.29) is 11.8 Å². The summed E-state index contributed by atoms with van der Waals surface area (Å²) in [5.41, 5.74) is 2.59. The van der Waals surface area contributed by atoms with Crippen molar-refractivity contribution in [1.82, 2.24) is 25.2 Å². The summed E-state index contributed by atoms with van der Waals surface area (Å²) in [4.78, 5) is 28.8. The average molecular weight is 351 g/mol. The highest BCUT2D eigenvalue weighted by atomic mass is 16.2. The summed E-state index contributed by atoms with van der Waals surface area (Å²) in [5, 5.41) is 9.77. The van der Waals surface area contributed by atoms with Crippen LogP contribution in [0.2, 0.25) is 0 Å². The Morgan fingerprint density at radius 3 is 2.69 bits per heavy atom. The molecular weight excluding hydrogens is 330 g/mol. The van der Waals surface area contributed by atoms with Gasteiger partial charge in [-0.2, -0.15) is 5.10 Å². The Bertz CT molecular complexity index is 920. The van der Waals surface area contributed by atoms with Gasteiger partial charge in [-0.1, -0.05) is 37.3 Å². The number of carbonyl (C=O) groups is 2. The molecule has 1 unspecified atom stereocenters. The predicted octanol–water partition coefficient (Wildman–Crippen LogP) is 2.04.